The Morgan fingerprint density at radius 1 is 1.29 bits per heavy atom. The third-order valence-corrected chi connectivity index (χ3v) is 3.95. The van der Waals surface area contributed by atoms with Gasteiger partial charge in [0.15, 0.2) is 0 Å². The minimum atomic E-state index is -0.347. The summed E-state index contributed by atoms with van der Waals surface area (Å²) >= 11 is 0. The predicted molar refractivity (Wildman–Crippen MR) is 81.9 cm³/mol. The summed E-state index contributed by atoms with van der Waals surface area (Å²) in [6.45, 7) is 1.24. The lowest BCUT2D eigenvalue weighted by atomic mass is 9.99. The molecule has 0 aliphatic carbocycles. The van der Waals surface area contributed by atoms with Gasteiger partial charge >= 0.3 is 0 Å². The maximum Gasteiger partial charge on any atom is 0.254 e. The van der Waals surface area contributed by atoms with E-state index < -0.39 is 0 Å². The van der Waals surface area contributed by atoms with Crippen LogP contribution in [0.25, 0.3) is 0 Å². The van der Waals surface area contributed by atoms with Crippen molar-refractivity contribution in [1.29, 1.82) is 0 Å². The summed E-state index contributed by atoms with van der Waals surface area (Å²) < 4.78 is 0. The molecule has 1 aromatic rings. The molecule has 0 bridgehead atoms. The van der Waals surface area contributed by atoms with Crippen molar-refractivity contribution in [2.45, 2.75) is 31.7 Å². The zero-order valence-corrected chi connectivity index (χ0v) is 12.5. The summed E-state index contributed by atoms with van der Waals surface area (Å²) in [4.78, 5) is 26.2. The number of amides is 2. The van der Waals surface area contributed by atoms with Gasteiger partial charge in [-0.25, -0.2) is 0 Å². The van der Waals surface area contributed by atoms with Crippen molar-refractivity contribution < 1.29 is 9.59 Å². The number of nitrogens with two attached hydrogens (primary N) is 1. The SMILES string of the molecule is CNC(=O)C1CCCCN1C(=O)c1ccc(CCN)cc1. The van der Waals surface area contributed by atoms with Crippen LogP contribution in [0.4, 0.5) is 0 Å². The second-order valence-electron chi connectivity index (χ2n) is 5.36. The van der Waals surface area contributed by atoms with Crippen LogP contribution in [-0.2, 0) is 11.2 Å². The summed E-state index contributed by atoms with van der Waals surface area (Å²) in [5.41, 5.74) is 7.27. The number of nitrogens with zero attached hydrogens (tertiary/aromatic N) is 1. The van der Waals surface area contributed by atoms with Crippen molar-refractivity contribution in [3.8, 4) is 0 Å². The zero-order chi connectivity index (χ0) is 15.2. The van der Waals surface area contributed by atoms with Gasteiger partial charge in [-0.05, 0) is 49.9 Å². The van der Waals surface area contributed by atoms with Crippen LogP contribution in [0.2, 0.25) is 0 Å². The Balaban J connectivity index is 2.14. The highest BCUT2D eigenvalue weighted by Gasteiger charge is 2.31. The molecule has 1 aromatic carbocycles. The first-order valence-corrected chi connectivity index (χ1v) is 7.49. The Bertz CT molecular complexity index is 499. The van der Waals surface area contributed by atoms with E-state index in [-0.39, 0.29) is 17.9 Å². The van der Waals surface area contributed by atoms with Gasteiger partial charge in [-0.2, -0.15) is 0 Å². The van der Waals surface area contributed by atoms with Gasteiger partial charge < -0.3 is 16.0 Å². The Kier molecular flexibility index (Phi) is 5.33. The first kappa shape index (κ1) is 15.5. The molecule has 1 saturated heterocycles. The van der Waals surface area contributed by atoms with Crippen molar-refractivity contribution in [3.05, 3.63) is 35.4 Å². The Morgan fingerprint density at radius 3 is 2.62 bits per heavy atom. The van der Waals surface area contributed by atoms with Crippen LogP contribution in [0, 0.1) is 0 Å². The van der Waals surface area contributed by atoms with E-state index in [0.29, 0.717) is 18.7 Å². The number of piperidine rings is 1. The number of hydrogen-bond acceptors (Lipinski definition) is 3. The normalized spacial score (nSPS) is 18.4. The third kappa shape index (κ3) is 3.61. The van der Waals surface area contributed by atoms with E-state index in [4.69, 9.17) is 5.73 Å². The van der Waals surface area contributed by atoms with E-state index >= 15 is 0 Å². The van der Waals surface area contributed by atoms with Crippen LogP contribution >= 0.6 is 0 Å². The van der Waals surface area contributed by atoms with E-state index in [1.807, 2.05) is 24.3 Å². The Labute approximate surface area is 125 Å². The van der Waals surface area contributed by atoms with Gasteiger partial charge in [-0.3, -0.25) is 9.59 Å². The van der Waals surface area contributed by atoms with E-state index in [1.54, 1.807) is 11.9 Å². The van der Waals surface area contributed by atoms with Gasteiger partial charge in [-0.1, -0.05) is 12.1 Å². The largest absolute Gasteiger partial charge is 0.357 e. The van der Waals surface area contributed by atoms with E-state index in [9.17, 15) is 9.59 Å². The van der Waals surface area contributed by atoms with E-state index in [0.717, 1.165) is 31.2 Å². The quantitative estimate of drug-likeness (QED) is 0.866. The molecule has 1 unspecified atom stereocenters. The molecular weight excluding hydrogens is 266 g/mol. The van der Waals surface area contributed by atoms with Crippen molar-refractivity contribution >= 4 is 11.8 Å². The number of benzene rings is 1. The number of carbonyl (C=O) groups is 2. The molecule has 2 amide bonds. The smallest absolute Gasteiger partial charge is 0.254 e. The number of likely N-dealkylation sites (N-methyl/N-ethyl adjacent to an activating group) is 1. The standard InChI is InChI=1S/C16H23N3O2/c1-18-15(20)14-4-2-3-11-19(14)16(21)13-7-5-12(6-8-13)9-10-17/h5-8,14H,2-4,9-11,17H2,1H3,(H,18,20). The van der Waals surface area contributed by atoms with Crippen molar-refractivity contribution in [2.75, 3.05) is 20.1 Å². The molecule has 0 radical (unpaired) electrons. The van der Waals surface area contributed by atoms with Gasteiger partial charge in [0.25, 0.3) is 5.91 Å². The molecule has 1 heterocycles. The van der Waals surface area contributed by atoms with Gasteiger partial charge in [0.2, 0.25) is 5.91 Å². The maximum absolute atomic E-state index is 12.6. The number of carbonyl (C=O) groups excluding carboxylic acids is 2. The summed E-state index contributed by atoms with van der Waals surface area (Å²) in [5.74, 6) is -0.148. The Hall–Kier alpha value is -1.88. The van der Waals surface area contributed by atoms with Crippen molar-refractivity contribution in [1.82, 2.24) is 10.2 Å². The molecule has 1 aliphatic heterocycles. The molecule has 1 fully saturated rings. The van der Waals surface area contributed by atoms with Gasteiger partial charge in [0.1, 0.15) is 6.04 Å². The first-order chi connectivity index (χ1) is 10.2. The lowest BCUT2D eigenvalue weighted by Crippen LogP contribution is -2.51. The lowest BCUT2D eigenvalue weighted by Gasteiger charge is -2.34. The molecule has 0 aromatic heterocycles. The number of nitrogens with one attached hydrogen (secondary N) is 1. The summed E-state index contributed by atoms with van der Waals surface area (Å²) in [6.07, 6.45) is 3.47. The average Bonchev–Trinajstić information content (AvgIpc) is 2.54. The van der Waals surface area contributed by atoms with Crippen LogP contribution in [-0.4, -0.2) is 42.9 Å². The monoisotopic (exact) mass is 289 g/mol. The van der Waals surface area contributed by atoms with Crippen molar-refractivity contribution in [3.63, 3.8) is 0 Å². The highest BCUT2D eigenvalue weighted by molar-refractivity contribution is 5.97. The van der Waals surface area contributed by atoms with Crippen LogP contribution in [0.5, 0.6) is 0 Å². The number of hydrogen-bond donors (Lipinski definition) is 2. The molecule has 1 atom stereocenters. The predicted octanol–water partition coefficient (Wildman–Crippen LogP) is 0.928. The number of rotatable bonds is 4. The minimum Gasteiger partial charge on any atom is -0.357 e. The molecule has 3 N–H and O–H groups in total. The lowest BCUT2D eigenvalue weighted by molar-refractivity contribution is -0.126. The van der Waals surface area contributed by atoms with E-state index in [2.05, 4.69) is 5.32 Å². The second kappa shape index (κ2) is 7.22. The number of likely N-dealkylation sites (tertiary alicyclic amines) is 1. The van der Waals surface area contributed by atoms with Gasteiger partial charge in [0, 0.05) is 19.2 Å². The maximum atomic E-state index is 12.6. The topological polar surface area (TPSA) is 75.4 Å². The van der Waals surface area contributed by atoms with Crippen LogP contribution < -0.4 is 11.1 Å². The average molecular weight is 289 g/mol. The highest BCUT2D eigenvalue weighted by atomic mass is 16.2. The molecule has 5 heteroatoms. The second-order valence-corrected chi connectivity index (χ2v) is 5.36. The molecule has 0 spiro atoms. The summed E-state index contributed by atoms with van der Waals surface area (Å²) in [6, 6.07) is 7.16. The fraction of sp³-hybridized carbons (Fsp3) is 0.500. The minimum absolute atomic E-state index is 0.0670. The molecule has 1 aliphatic rings. The van der Waals surface area contributed by atoms with Gasteiger partial charge in [-0.15, -0.1) is 0 Å². The van der Waals surface area contributed by atoms with Gasteiger partial charge in [0.05, 0.1) is 0 Å². The van der Waals surface area contributed by atoms with Crippen LogP contribution in [0.15, 0.2) is 24.3 Å². The van der Waals surface area contributed by atoms with Crippen LogP contribution in [0.1, 0.15) is 35.2 Å². The fourth-order valence-electron chi connectivity index (χ4n) is 2.76. The van der Waals surface area contributed by atoms with Crippen LogP contribution in [0.3, 0.4) is 0 Å². The zero-order valence-electron chi connectivity index (χ0n) is 12.5. The Morgan fingerprint density at radius 2 is 2.00 bits per heavy atom. The van der Waals surface area contributed by atoms with E-state index in [1.165, 1.54) is 0 Å². The van der Waals surface area contributed by atoms with Crippen molar-refractivity contribution in [2.24, 2.45) is 5.73 Å². The molecule has 0 saturated carbocycles. The molecular formula is C16H23N3O2. The summed E-state index contributed by atoms with van der Waals surface area (Å²) in [7, 11) is 1.61. The molecule has 21 heavy (non-hydrogen) atoms. The summed E-state index contributed by atoms with van der Waals surface area (Å²) in [5, 5.41) is 2.65. The fourth-order valence-corrected chi connectivity index (χ4v) is 2.76. The molecule has 2 rings (SSSR count). The highest BCUT2D eigenvalue weighted by Crippen LogP contribution is 2.20. The third-order valence-electron chi connectivity index (χ3n) is 3.95. The first-order valence-electron chi connectivity index (χ1n) is 7.49. The molecule has 114 valence electrons. The molecule has 5 nitrogen and oxygen atoms in total.